The third-order valence-corrected chi connectivity index (χ3v) is 9.82. The SMILES string of the molecule is CCCCOCCOCCOCCOCCN(CCC[Si](OCC)(OCC)OCC)CCOCCOCCOCCOCCCC. The molecule has 0 saturated carbocycles. The average molecular weight is 686 g/mol. The van der Waals surface area contributed by atoms with E-state index in [1.165, 1.54) is 0 Å². The van der Waals surface area contributed by atoms with Gasteiger partial charge in [0.15, 0.2) is 0 Å². The van der Waals surface area contributed by atoms with Gasteiger partial charge in [-0.15, -0.1) is 0 Å². The summed E-state index contributed by atoms with van der Waals surface area (Å²) in [6, 6.07) is 0.780. The molecule has 0 aliphatic heterocycles. The summed E-state index contributed by atoms with van der Waals surface area (Å²) in [5, 5.41) is 0. The van der Waals surface area contributed by atoms with Crippen molar-refractivity contribution < 1.29 is 51.2 Å². The number of nitrogens with zero attached hydrogens (tertiary/aromatic N) is 1. The Labute approximate surface area is 282 Å². The minimum atomic E-state index is -2.67. The maximum Gasteiger partial charge on any atom is 0.500 e. The lowest BCUT2D eigenvalue weighted by Crippen LogP contribution is -2.46. The third kappa shape index (κ3) is 31.0. The van der Waals surface area contributed by atoms with Crippen LogP contribution in [-0.4, -0.2) is 159 Å². The third-order valence-electron chi connectivity index (χ3n) is 6.67. The van der Waals surface area contributed by atoms with Crippen molar-refractivity contribution >= 4 is 8.80 Å². The van der Waals surface area contributed by atoms with Crippen LogP contribution in [-0.2, 0) is 51.2 Å². The first kappa shape index (κ1) is 45.7. The van der Waals surface area contributed by atoms with Crippen LogP contribution < -0.4 is 0 Å². The van der Waals surface area contributed by atoms with Crippen LogP contribution in [0.3, 0.4) is 0 Å². The molecule has 0 spiro atoms. The monoisotopic (exact) mass is 685 g/mol. The molecule has 0 aromatic carbocycles. The molecule has 0 unspecified atom stereocenters. The number of unbranched alkanes of at least 4 members (excludes halogenated alkanes) is 2. The molecule has 0 heterocycles. The van der Waals surface area contributed by atoms with Crippen LogP contribution in [0.15, 0.2) is 0 Å². The Balaban J connectivity index is 4.23. The van der Waals surface area contributed by atoms with Crippen molar-refractivity contribution in [3.63, 3.8) is 0 Å². The van der Waals surface area contributed by atoms with E-state index in [4.69, 9.17) is 51.2 Å². The minimum absolute atomic E-state index is 0.544. The summed E-state index contributed by atoms with van der Waals surface area (Å²) in [7, 11) is -2.67. The number of rotatable bonds is 40. The van der Waals surface area contributed by atoms with Crippen LogP contribution in [0.2, 0.25) is 6.04 Å². The fourth-order valence-corrected chi connectivity index (χ4v) is 6.85. The molecule has 0 rings (SSSR count). The predicted molar refractivity (Wildman–Crippen MR) is 183 cm³/mol. The Morgan fingerprint density at radius 2 is 0.652 bits per heavy atom. The van der Waals surface area contributed by atoms with E-state index >= 15 is 0 Å². The molecule has 0 aliphatic rings. The van der Waals surface area contributed by atoms with Gasteiger partial charge in [0.05, 0.1) is 92.5 Å². The van der Waals surface area contributed by atoms with Gasteiger partial charge in [-0.2, -0.15) is 0 Å². The van der Waals surface area contributed by atoms with E-state index in [2.05, 4.69) is 18.7 Å². The molecule has 0 atom stereocenters. The molecule has 0 amide bonds. The van der Waals surface area contributed by atoms with Gasteiger partial charge in [-0.3, -0.25) is 4.90 Å². The molecule has 0 radical (unpaired) electrons. The largest absolute Gasteiger partial charge is 0.500 e. The highest BCUT2D eigenvalue weighted by Gasteiger charge is 2.39. The van der Waals surface area contributed by atoms with Gasteiger partial charge in [0.2, 0.25) is 0 Å². The van der Waals surface area contributed by atoms with Gasteiger partial charge in [0.1, 0.15) is 0 Å². The van der Waals surface area contributed by atoms with Crippen LogP contribution in [0, 0.1) is 0 Å². The second-order valence-corrected chi connectivity index (χ2v) is 13.3. The molecule has 46 heavy (non-hydrogen) atoms. The van der Waals surface area contributed by atoms with Crippen molar-refractivity contribution in [3.8, 4) is 0 Å². The van der Waals surface area contributed by atoms with Crippen molar-refractivity contribution in [1.29, 1.82) is 0 Å². The zero-order valence-electron chi connectivity index (χ0n) is 30.2. The van der Waals surface area contributed by atoms with Gasteiger partial charge >= 0.3 is 8.80 Å². The van der Waals surface area contributed by atoms with Crippen LogP contribution in [0.1, 0.15) is 66.7 Å². The molecule has 0 fully saturated rings. The van der Waals surface area contributed by atoms with E-state index in [9.17, 15) is 0 Å². The Morgan fingerprint density at radius 1 is 0.348 bits per heavy atom. The number of hydrogen-bond donors (Lipinski definition) is 0. The molecular formula is C33H71NO11Si. The van der Waals surface area contributed by atoms with Gasteiger partial charge in [0.25, 0.3) is 0 Å². The van der Waals surface area contributed by atoms with Crippen LogP contribution in [0.4, 0.5) is 0 Å². The highest BCUT2D eigenvalue weighted by Crippen LogP contribution is 2.18. The molecule has 0 saturated heterocycles. The number of hydrogen-bond acceptors (Lipinski definition) is 12. The van der Waals surface area contributed by atoms with Crippen LogP contribution in [0.25, 0.3) is 0 Å². The summed E-state index contributed by atoms with van der Waals surface area (Å²) < 4.78 is 63.1. The molecule has 0 bridgehead atoms. The Hall–Kier alpha value is -0.263. The molecule has 0 N–H and O–H groups in total. The fraction of sp³-hybridized carbons (Fsp3) is 1.00. The van der Waals surface area contributed by atoms with Gasteiger partial charge in [-0.25, -0.2) is 0 Å². The van der Waals surface area contributed by atoms with E-state index in [1.807, 2.05) is 20.8 Å². The summed E-state index contributed by atoms with van der Waals surface area (Å²) in [6.45, 7) is 24.2. The fourth-order valence-electron chi connectivity index (χ4n) is 4.26. The first-order chi connectivity index (χ1) is 22.7. The molecule has 13 heteroatoms. The Morgan fingerprint density at radius 3 is 0.957 bits per heavy atom. The van der Waals surface area contributed by atoms with Crippen molar-refractivity contribution in [1.82, 2.24) is 4.90 Å². The lowest BCUT2D eigenvalue weighted by Gasteiger charge is -2.29. The molecule has 0 aromatic heterocycles. The summed E-state index contributed by atoms with van der Waals surface area (Å²) in [4.78, 5) is 2.36. The van der Waals surface area contributed by atoms with Crippen molar-refractivity contribution in [2.75, 3.05) is 145 Å². The van der Waals surface area contributed by atoms with Crippen LogP contribution >= 0.6 is 0 Å². The molecular weight excluding hydrogens is 614 g/mol. The van der Waals surface area contributed by atoms with E-state index in [0.717, 1.165) is 71.0 Å². The quantitative estimate of drug-likeness (QED) is 0.0672. The summed E-state index contributed by atoms with van der Waals surface area (Å²) in [5.41, 5.74) is 0. The smallest absolute Gasteiger partial charge is 0.379 e. The predicted octanol–water partition coefficient (Wildman–Crippen LogP) is 4.46. The van der Waals surface area contributed by atoms with Crippen molar-refractivity contribution in [3.05, 3.63) is 0 Å². The topological polar surface area (TPSA) is 105 Å². The summed E-state index contributed by atoms with van der Waals surface area (Å²) in [5.74, 6) is 0. The van der Waals surface area contributed by atoms with E-state index in [1.54, 1.807) is 0 Å². The highest BCUT2D eigenvalue weighted by molar-refractivity contribution is 6.60. The first-order valence-electron chi connectivity index (χ1n) is 17.9. The van der Waals surface area contributed by atoms with Gasteiger partial charge in [0, 0.05) is 52.2 Å². The second kappa shape index (κ2) is 37.6. The van der Waals surface area contributed by atoms with Crippen molar-refractivity contribution in [2.24, 2.45) is 0 Å². The summed E-state index contributed by atoms with van der Waals surface area (Å²) in [6.07, 6.45) is 5.38. The first-order valence-corrected chi connectivity index (χ1v) is 19.9. The summed E-state index contributed by atoms with van der Waals surface area (Å²) >= 11 is 0. The lowest BCUT2D eigenvalue weighted by atomic mass is 10.4. The van der Waals surface area contributed by atoms with E-state index in [-0.39, 0.29) is 0 Å². The average Bonchev–Trinajstić information content (AvgIpc) is 3.05. The zero-order chi connectivity index (χ0) is 33.7. The molecule has 278 valence electrons. The van der Waals surface area contributed by atoms with Crippen molar-refractivity contribution in [2.45, 2.75) is 72.8 Å². The van der Waals surface area contributed by atoms with E-state index < -0.39 is 8.80 Å². The van der Waals surface area contributed by atoms with Gasteiger partial charge < -0.3 is 51.2 Å². The maximum atomic E-state index is 6.03. The Bertz CT molecular complexity index is 535. The Kier molecular flexibility index (Phi) is 37.3. The molecule has 12 nitrogen and oxygen atoms in total. The highest BCUT2D eigenvalue weighted by atomic mass is 28.4. The minimum Gasteiger partial charge on any atom is -0.379 e. The standard InChI is InChI=1S/C33H71NO11Si/c1-6-11-17-35-21-25-39-29-31-41-27-23-37-19-15-34(14-13-33-46(43-8-3,44-9-4)45-10-5)16-20-38-24-28-42-32-30-40-26-22-36-18-12-7-2/h6-33H2,1-5H3. The normalized spacial score (nSPS) is 12.1. The number of ether oxygens (including phenoxy) is 8. The zero-order valence-corrected chi connectivity index (χ0v) is 31.2. The second-order valence-electron chi connectivity index (χ2n) is 10.5. The van der Waals surface area contributed by atoms with Gasteiger partial charge in [-0.1, -0.05) is 26.7 Å². The molecule has 0 aliphatic carbocycles. The van der Waals surface area contributed by atoms with E-state index in [0.29, 0.717) is 112 Å². The maximum absolute atomic E-state index is 6.03. The van der Waals surface area contributed by atoms with Crippen LogP contribution in [0.5, 0.6) is 0 Å². The molecule has 0 aromatic rings. The lowest BCUT2D eigenvalue weighted by molar-refractivity contribution is -0.00891. The van der Waals surface area contributed by atoms with Gasteiger partial charge in [-0.05, 0) is 46.6 Å².